The van der Waals surface area contributed by atoms with Gasteiger partial charge in [0.1, 0.15) is 0 Å². The van der Waals surface area contributed by atoms with E-state index < -0.39 is 6.10 Å². The summed E-state index contributed by atoms with van der Waals surface area (Å²) < 4.78 is 0. The second-order valence-electron chi connectivity index (χ2n) is 6.24. The molecule has 0 aliphatic carbocycles. The van der Waals surface area contributed by atoms with E-state index in [1.165, 1.54) is 6.92 Å². The lowest BCUT2D eigenvalue weighted by Gasteiger charge is -2.17. The summed E-state index contributed by atoms with van der Waals surface area (Å²) in [7, 11) is 0. The van der Waals surface area contributed by atoms with Crippen LogP contribution in [0.4, 0.5) is 5.69 Å². The van der Waals surface area contributed by atoms with E-state index in [0.29, 0.717) is 12.1 Å². The van der Waals surface area contributed by atoms with Crippen molar-refractivity contribution in [2.45, 2.75) is 32.4 Å². The van der Waals surface area contributed by atoms with Crippen LogP contribution in [-0.4, -0.2) is 23.6 Å². The lowest BCUT2D eigenvalue weighted by molar-refractivity contribution is -0.131. The number of hydrogen-bond donors (Lipinski definition) is 2. The van der Waals surface area contributed by atoms with Crippen LogP contribution in [0.2, 0.25) is 0 Å². The quantitative estimate of drug-likeness (QED) is 0.869. The normalized spacial score (nSPS) is 17.0. The first-order valence-electron chi connectivity index (χ1n) is 8.49. The van der Waals surface area contributed by atoms with Gasteiger partial charge >= 0.3 is 0 Å². The van der Waals surface area contributed by atoms with Gasteiger partial charge in [-0.1, -0.05) is 47.6 Å². The van der Waals surface area contributed by atoms with E-state index in [0.717, 1.165) is 16.8 Å². The zero-order chi connectivity index (χ0) is 18.5. The zero-order valence-corrected chi connectivity index (χ0v) is 14.7. The molecule has 1 heterocycles. The molecule has 0 saturated carbocycles. The fraction of sp³-hybridized carbons (Fsp3) is 0.250. The van der Waals surface area contributed by atoms with E-state index in [-0.39, 0.29) is 17.9 Å². The summed E-state index contributed by atoms with van der Waals surface area (Å²) in [5, 5.41) is 9.72. The Hall–Kier alpha value is -3.15. The minimum atomic E-state index is -0.633. The molecule has 6 heteroatoms. The predicted octanol–water partition coefficient (Wildman–Crippen LogP) is 3.02. The number of carbonyl (C=O) groups excluding carboxylic acids is 2. The Balaban J connectivity index is 1.59. The minimum Gasteiger partial charge on any atom is -0.382 e. The summed E-state index contributed by atoms with van der Waals surface area (Å²) in [4.78, 5) is 29.0. The summed E-state index contributed by atoms with van der Waals surface area (Å²) in [5.74, 6) is -0.346. The first kappa shape index (κ1) is 17.7. The number of benzene rings is 2. The van der Waals surface area contributed by atoms with Crippen molar-refractivity contribution in [3.8, 4) is 0 Å². The summed E-state index contributed by atoms with van der Waals surface area (Å²) in [6, 6.07) is 16.8. The van der Waals surface area contributed by atoms with E-state index in [4.69, 9.17) is 4.84 Å². The van der Waals surface area contributed by atoms with Gasteiger partial charge < -0.3 is 15.5 Å². The minimum absolute atomic E-state index is 0.135. The number of hydrogen-bond acceptors (Lipinski definition) is 4. The van der Waals surface area contributed by atoms with E-state index in [1.807, 2.05) is 55.5 Å². The van der Waals surface area contributed by atoms with E-state index >= 15 is 0 Å². The Morgan fingerprint density at radius 2 is 1.92 bits per heavy atom. The first-order chi connectivity index (χ1) is 12.5. The van der Waals surface area contributed by atoms with Gasteiger partial charge in [-0.3, -0.25) is 9.59 Å². The van der Waals surface area contributed by atoms with Crippen LogP contribution in [0.5, 0.6) is 0 Å². The molecular formula is C20H21N3O3. The van der Waals surface area contributed by atoms with Gasteiger partial charge in [0.2, 0.25) is 12.0 Å². The van der Waals surface area contributed by atoms with Crippen LogP contribution in [0, 0.1) is 0 Å². The van der Waals surface area contributed by atoms with Crippen molar-refractivity contribution in [1.82, 2.24) is 5.32 Å². The highest BCUT2D eigenvalue weighted by atomic mass is 16.6. The molecule has 0 bridgehead atoms. The summed E-state index contributed by atoms with van der Waals surface area (Å²) in [5.41, 5.74) is 3.32. The number of nitrogens with zero attached hydrogens (tertiary/aromatic N) is 1. The molecule has 3 rings (SSSR count). The Kier molecular flexibility index (Phi) is 5.31. The molecule has 2 N–H and O–H groups in total. The highest BCUT2D eigenvalue weighted by Gasteiger charge is 2.29. The third-order valence-corrected chi connectivity index (χ3v) is 4.13. The lowest BCUT2D eigenvalue weighted by Crippen LogP contribution is -2.36. The van der Waals surface area contributed by atoms with Crippen LogP contribution < -0.4 is 10.6 Å². The van der Waals surface area contributed by atoms with Gasteiger partial charge in [-0.25, -0.2) is 0 Å². The van der Waals surface area contributed by atoms with Crippen LogP contribution in [0.1, 0.15) is 37.4 Å². The third-order valence-electron chi connectivity index (χ3n) is 4.13. The van der Waals surface area contributed by atoms with Crippen LogP contribution in [-0.2, 0) is 14.4 Å². The molecule has 2 amide bonds. The van der Waals surface area contributed by atoms with Gasteiger partial charge in [0.05, 0.1) is 11.8 Å². The SMILES string of the molecule is CC(=O)Nc1cccc(C(C)NC(=O)C2CC(c3ccccc3)=NO2)c1. The number of carbonyl (C=O) groups is 2. The van der Waals surface area contributed by atoms with Gasteiger partial charge in [-0.15, -0.1) is 0 Å². The summed E-state index contributed by atoms with van der Waals surface area (Å²) in [6.07, 6.45) is -0.194. The summed E-state index contributed by atoms with van der Waals surface area (Å²) in [6.45, 7) is 3.35. The highest BCUT2D eigenvalue weighted by molar-refractivity contribution is 6.04. The van der Waals surface area contributed by atoms with Crippen LogP contribution >= 0.6 is 0 Å². The third kappa shape index (κ3) is 4.27. The lowest BCUT2D eigenvalue weighted by atomic mass is 10.0. The molecule has 1 aliphatic rings. The number of amides is 2. The number of rotatable bonds is 5. The number of nitrogens with one attached hydrogen (secondary N) is 2. The van der Waals surface area contributed by atoms with E-state index in [2.05, 4.69) is 15.8 Å². The molecule has 2 unspecified atom stereocenters. The molecule has 2 aromatic carbocycles. The van der Waals surface area contributed by atoms with Crippen LogP contribution in [0.3, 0.4) is 0 Å². The average molecular weight is 351 g/mol. The van der Waals surface area contributed by atoms with Crippen LogP contribution in [0.25, 0.3) is 0 Å². The van der Waals surface area contributed by atoms with Gasteiger partial charge in [-0.05, 0) is 30.2 Å². The van der Waals surface area contributed by atoms with Crippen LogP contribution in [0.15, 0.2) is 59.8 Å². The fourth-order valence-corrected chi connectivity index (χ4v) is 2.80. The summed E-state index contributed by atoms with van der Waals surface area (Å²) >= 11 is 0. The zero-order valence-electron chi connectivity index (χ0n) is 14.7. The molecule has 2 atom stereocenters. The second kappa shape index (κ2) is 7.82. The molecule has 0 aromatic heterocycles. The molecule has 26 heavy (non-hydrogen) atoms. The predicted molar refractivity (Wildman–Crippen MR) is 99.8 cm³/mol. The molecule has 0 radical (unpaired) electrons. The van der Waals surface area contributed by atoms with Crippen molar-refractivity contribution < 1.29 is 14.4 Å². The van der Waals surface area contributed by atoms with Crippen molar-refractivity contribution in [3.05, 3.63) is 65.7 Å². The molecule has 1 aliphatic heterocycles. The molecule has 0 fully saturated rings. The smallest absolute Gasteiger partial charge is 0.264 e. The fourth-order valence-electron chi connectivity index (χ4n) is 2.80. The van der Waals surface area contributed by atoms with Gasteiger partial charge in [0, 0.05) is 19.0 Å². The van der Waals surface area contributed by atoms with Crippen molar-refractivity contribution >= 4 is 23.2 Å². The Bertz CT molecular complexity index is 833. The van der Waals surface area contributed by atoms with Gasteiger partial charge in [0.25, 0.3) is 5.91 Å². The standard InChI is InChI=1S/C20H21N3O3/c1-13(16-9-6-10-17(11-16)22-14(2)24)21-20(25)19-12-18(23-26-19)15-7-4-3-5-8-15/h3-11,13,19H,12H2,1-2H3,(H,21,25)(H,22,24). The number of anilines is 1. The average Bonchev–Trinajstić information content (AvgIpc) is 3.12. The first-order valence-corrected chi connectivity index (χ1v) is 8.49. The van der Waals surface area contributed by atoms with Crippen molar-refractivity contribution in [1.29, 1.82) is 0 Å². The molecule has 6 nitrogen and oxygen atoms in total. The number of oxime groups is 1. The van der Waals surface area contributed by atoms with E-state index in [1.54, 1.807) is 6.07 Å². The monoisotopic (exact) mass is 351 g/mol. The molecule has 0 saturated heterocycles. The van der Waals surface area contributed by atoms with Gasteiger partial charge in [-0.2, -0.15) is 0 Å². The maximum atomic E-state index is 12.5. The second-order valence-corrected chi connectivity index (χ2v) is 6.24. The maximum absolute atomic E-state index is 12.5. The molecular weight excluding hydrogens is 330 g/mol. The Labute approximate surface area is 152 Å². The highest BCUT2D eigenvalue weighted by Crippen LogP contribution is 2.20. The van der Waals surface area contributed by atoms with Crippen molar-refractivity contribution in [2.24, 2.45) is 5.16 Å². The molecule has 0 spiro atoms. The Morgan fingerprint density at radius 3 is 2.65 bits per heavy atom. The largest absolute Gasteiger partial charge is 0.382 e. The Morgan fingerprint density at radius 1 is 1.15 bits per heavy atom. The molecule has 2 aromatic rings. The maximum Gasteiger partial charge on any atom is 0.264 e. The molecule has 134 valence electrons. The topological polar surface area (TPSA) is 79.8 Å². The van der Waals surface area contributed by atoms with Gasteiger partial charge in [0.15, 0.2) is 0 Å². The van der Waals surface area contributed by atoms with E-state index in [9.17, 15) is 9.59 Å². The van der Waals surface area contributed by atoms with Crippen molar-refractivity contribution in [3.63, 3.8) is 0 Å². The van der Waals surface area contributed by atoms with Crippen molar-refractivity contribution in [2.75, 3.05) is 5.32 Å².